The van der Waals surface area contributed by atoms with Gasteiger partial charge in [0, 0.05) is 21.8 Å². The topological polar surface area (TPSA) is 56.2 Å². The van der Waals surface area contributed by atoms with Gasteiger partial charge in [0.25, 0.3) is 5.91 Å². The highest BCUT2D eigenvalue weighted by Crippen LogP contribution is 2.26. The van der Waals surface area contributed by atoms with E-state index in [0.29, 0.717) is 39.1 Å². The Labute approximate surface area is 217 Å². The van der Waals surface area contributed by atoms with Crippen LogP contribution in [0, 0.1) is 0 Å². The molecule has 9 heteroatoms. The Bertz CT molecular complexity index is 1310. The van der Waals surface area contributed by atoms with Crippen molar-refractivity contribution in [1.29, 1.82) is 0 Å². The van der Waals surface area contributed by atoms with Crippen molar-refractivity contribution in [3.8, 4) is 5.75 Å². The number of anilines is 1. The molecule has 0 saturated heterocycles. The summed E-state index contributed by atoms with van der Waals surface area (Å²) in [5, 5.41) is 8.43. The molecule has 4 aromatic rings. The first-order chi connectivity index (χ1) is 15.9. The monoisotopic (exact) mass is 607 g/mol. The van der Waals surface area contributed by atoms with E-state index < -0.39 is 0 Å². The van der Waals surface area contributed by atoms with E-state index >= 15 is 0 Å². The minimum Gasteiger partial charge on any atom is -0.488 e. The van der Waals surface area contributed by atoms with Crippen LogP contribution in [0.25, 0.3) is 0 Å². The maximum atomic E-state index is 12.8. The van der Waals surface area contributed by atoms with Crippen LogP contribution >= 0.6 is 55.1 Å². The smallest absolute Gasteiger partial charge is 0.256 e. The number of carbonyl (C=O) groups excluding carboxylic acids is 1. The summed E-state index contributed by atoms with van der Waals surface area (Å²) < 4.78 is 9.08. The lowest BCUT2D eigenvalue weighted by atomic mass is 10.1. The average molecular weight is 610 g/mol. The molecule has 4 rings (SSSR count). The lowest BCUT2D eigenvalue weighted by Gasteiger charge is -2.09. The Morgan fingerprint density at radius 1 is 1.00 bits per heavy atom. The van der Waals surface area contributed by atoms with Gasteiger partial charge in [-0.15, -0.1) is 0 Å². The van der Waals surface area contributed by atoms with E-state index in [4.69, 9.17) is 27.9 Å². The van der Waals surface area contributed by atoms with Crippen LogP contribution in [0.1, 0.15) is 21.5 Å². The van der Waals surface area contributed by atoms with Crippen LogP contribution in [0.2, 0.25) is 10.0 Å². The summed E-state index contributed by atoms with van der Waals surface area (Å²) in [6, 6.07) is 20.2. The minimum absolute atomic E-state index is 0.270. The molecule has 0 bridgehead atoms. The Morgan fingerprint density at radius 2 is 1.82 bits per heavy atom. The first kappa shape index (κ1) is 23.8. The van der Waals surface area contributed by atoms with Crippen molar-refractivity contribution in [2.75, 3.05) is 5.32 Å². The first-order valence-corrected chi connectivity index (χ1v) is 12.2. The predicted molar refractivity (Wildman–Crippen MR) is 138 cm³/mol. The van der Waals surface area contributed by atoms with Crippen LogP contribution in [0.4, 0.5) is 5.82 Å². The normalized spacial score (nSPS) is 10.8. The van der Waals surface area contributed by atoms with Crippen molar-refractivity contribution in [1.82, 2.24) is 9.78 Å². The lowest BCUT2D eigenvalue weighted by Crippen LogP contribution is -2.13. The summed E-state index contributed by atoms with van der Waals surface area (Å²) in [4.78, 5) is 12.8. The number of nitrogens with one attached hydrogen (secondary N) is 1. The Morgan fingerprint density at radius 3 is 2.61 bits per heavy atom. The Balaban J connectivity index is 1.43. The molecule has 0 aliphatic heterocycles. The molecule has 5 nitrogen and oxygen atoms in total. The van der Waals surface area contributed by atoms with Gasteiger partial charge in [-0.05, 0) is 79.4 Å². The van der Waals surface area contributed by atoms with Crippen LogP contribution in [-0.2, 0) is 13.2 Å². The number of aromatic nitrogens is 2. The molecule has 0 atom stereocenters. The van der Waals surface area contributed by atoms with Gasteiger partial charge >= 0.3 is 0 Å². The lowest BCUT2D eigenvalue weighted by molar-refractivity contribution is 0.102. The number of halogens is 4. The van der Waals surface area contributed by atoms with E-state index in [1.165, 1.54) is 0 Å². The Kier molecular flexibility index (Phi) is 7.75. The first-order valence-electron chi connectivity index (χ1n) is 9.83. The van der Waals surface area contributed by atoms with Gasteiger partial charge < -0.3 is 10.1 Å². The van der Waals surface area contributed by atoms with Gasteiger partial charge in [0.1, 0.15) is 12.4 Å². The van der Waals surface area contributed by atoms with Crippen LogP contribution in [-0.4, -0.2) is 15.7 Å². The van der Waals surface area contributed by atoms with Crippen molar-refractivity contribution in [3.05, 3.63) is 109 Å². The zero-order valence-corrected chi connectivity index (χ0v) is 21.7. The minimum atomic E-state index is -0.270. The number of amides is 1. The van der Waals surface area contributed by atoms with Crippen molar-refractivity contribution in [2.45, 2.75) is 13.2 Å². The number of carbonyl (C=O) groups is 1. The van der Waals surface area contributed by atoms with E-state index in [-0.39, 0.29) is 5.91 Å². The average Bonchev–Trinajstić information content (AvgIpc) is 3.14. The number of hydrogen-bond donors (Lipinski definition) is 1. The molecule has 168 valence electrons. The molecule has 0 fully saturated rings. The van der Waals surface area contributed by atoms with Gasteiger partial charge in [-0.25, -0.2) is 0 Å². The molecule has 0 unspecified atom stereocenters. The van der Waals surface area contributed by atoms with Crippen molar-refractivity contribution < 1.29 is 9.53 Å². The Hall–Kier alpha value is -2.32. The zero-order chi connectivity index (χ0) is 23.4. The van der Waals surface area contributed by atoms with Gasteiger partial charge in [0.15, 0.2) is 5.82 Å². The number of nitrogens with zero attached hydrogens (tertiary/aromatic N) is 2. The zero-order valence-electron chi connectivity index (χ0n) is 17.1. The number of hydrogen-bond acceptors (Lipinski definition) is 3. The highest BCUT2D eigenvalue weighted by Gasteiger charge is 2.14. The molecule has 1 N–H and O–H groups in total. The fraction of sp³-hybridized carbons (Fsp3) is 0.0833. The molecule has 0 saturated carbocycles. The standard InChI is InChI=1S/C24H17Br2Cl2N3O2/c25-19-6-1-2-7-22(19)33-14-15-4-3-5-16(10-15)24(32)29-23-20(26)13-31(30-23)12-17-8-9-18(27)11-21(17)28/h1-11,13H,12,14H2,(H,29,30,32). The summed E-state index contributed by atoms with van der Waals surface area (Å²) in [5.74, 6) is 0.885. The van der Waals surface area contributed by atoms with Crippen LogP contribution < -0.4 is 10.1 Å². The molecule has 0 spiro atoms. The fourth-order valence-electron chi connectivity index (χ4n) is 3.09. The SMILES string of the molecule is O=C(Nc1nn(Cc2ccc(Cl)cc2Cl)cc1Br)c1cccc(COc2ccccc2Br)c1. The van der Waals surface area contributed by atoms with Crippen LogP contribution in [0.15, 0.2) is 81.9 Å². The van der Waals surface area contributed by atoms with Crippen LogP contribution in [0.5, 0.6) is 5.75 Å². The highest BCUT2D eigenvalue weighted by atomic mass is 79.9. The van der Waals surface area contributed by atoms with Gasteiger partial charge in [-0.2, -0.15) is 5.10 Å². The molecule has 0 aliphatic rings. The third-order valence-electron chi connectivity index (χ3n) is 4.72. The number of benzene rings is 3. The highest BCUT2D eigenvalue weighted by molar-refractivity contribution is 9.11. The van der Waals surface area contributed by atoms with E-state index in [9.17, 15) is 4.79 Å². The molecule has 33 heavy (non-hydrogen) atoms. The third-order valence-corrected chi connectivity index (χ3v) is 6.54. The fourth-order valence-corrected chi connectivity index (χ4v) is 4.37. The molecular formula is C24H17Br2Cl2N3O2. The van der Waals surface area contributed by atoms with E-state index in [2.05, 4.69) is 42.3 Å². The largest absolute Gasteiger partial charge is 0.488 e. The van der Waals surface area contributed by atoms with Gasteiger partial charge in [-0.1, -0.05) is 53.5 Å². The maximum absolute atomic E-state index is 12.8. The molecule has 1 heterocycles. The van der Waals surface area contributed by atoms with E-state index in [1.54, 1.807) is 35.1 Å². The second-order valence-corrected chi connectivity index (χ2v) is 9.68. The number of para-hydroxylation sites is 1. The second kappa shape index (κ2) is 10.7. The number of ether oxygens (including phenoxy) is 1. The summed E-state index contributed by atoms with van der Waals surface area (Å²) in [6.45, 7) is 0.774. The predicted octanol–water partition coefficient (Wildman–Crippen LogP) is 7.59. The van der Waals surface area contributed by atoms with Gasteiger partial charge in [0.2, 0.25) is 0 Å². The molecular weight excluding hydrogens is 593 g/mol. The second-order valence-electron chi connectivity index (χ2n) is 7.13. The van der Waals surface area contributed by atoms with Gasteiger partial charge in [0.05, 0.1) is 15.5 Å². The van der Waals surface area contributed by atoms with Crippen molar-refractivity contribution in [3.63, 3.8) is 0 Å². The number of rotatable bonds is 7. The molecule has 1 aromatic heterocycles. The molecule has 0 radical (unpaired) electrons. The van der Waals surface area contributed by atoms with Crippen LogP contribution in [0.3, 0.4) is 0 Å². The summed E-state index contributed by atoms with van der Waals surface area (Å²) in [5.41, 5.74) is 2.25. The third kappa shape index (κ3) is 6.18. The van der Waals surface area contributed by atoms with E-state index in [0.717, 1.165) is 21.3 Å². The van der Waals surface area contributed by atoms with Gasteiger partial charge in [-0.3, -0.25) is 9.48 Å². The summed E-state index contributed by atoms with van der Waals surface area (Å²) >= 11 is 19.1. The summed E-state index contributed by atoms with van der Waals surface area (Å²) in [7, 11) is 0. The molecule has 3 aromatic carbocycles. The summed E-state index contributed by atoms with van der Waals surface area (Å²) in [6.07, 6.45) is 1.78. The van der Waals surface area contributed by atoms with Crippen molar-refractivity contribution >= 4 is 66.8 Å². The quantitative estimate of drug-likeness (QED) is 0.235. The van der Waals surface area contributed by atoms with Crippen molar-refractivity contribution in [2.24, 2.45) is 0 Å². The molecule has 1 amide bonds. The van der Waals surface area contributed by atoms with E-state index in [1.807, 2.05) is 42.5 Å². The maximum Gasteiger partial charge on any atom is 0.256 e. The molecule has 0 aliphatic carbocycles.